The van der Waals surface area contributed by atoms with Crippen LogP contribution in [-0.4, -0.2) is 18.1 Å². The molecule has 0 saturated heterocycles. The van der Waals surface area contributed by atoms with Crippen LogP contribution in [-0.2, 0) is 4.79 Å². The molecule has 0 aliphatic carbocycles. The molecule has 1 rings (SSSR count). The van der Waals surface area contributed by atoms with Crippen molar-refractivity contribution in [2.75, 3.05) is 0 Å². The molecule has 1 aromatic carbocycles. The molecule has 0 fully saturated rings. The summed E-state index contributed by atoms with van der Waals surface area (Å²) in [6, 6.07) is 6.14. The summed E-state index contributed by atoms with van der Waals surface area (Å²) in [7, 11) is 0. The molecule has 0 saturated carbocycles. The quantitative estimate of drug-likeness (QED) is 0.871. The van der Waals surface area contributed by atoms with Gasteiger partial charge in [0.15, 0.2) is 6.10 Å². The lowest BCUT2D eigenvalue weighted by molar-refractivity contribution is -0.127. The third-order valence-corrected chi connectivity index (χ3v) is 3.00. The number of aryl methyl sites for hydroxylation is 2. The van der Waals surface area contributed by atoms with E-state index in [4.69, 9.17) is 4.74 Å². The lowest BCUT2D eigenvalue weighted by Gasteiger charge is -2.18. The molecule has 0 radical (unpaired) electrons. The molecule has 0 bridgehead atoms. The maximum atomic E-state index is 11.9. The third-order valence-electron chi connectivity index (χ3n) is 3.00. The maximum absolute atomic E-state index is 11.9. The molecule has 3 heteroatoms. The molecule has 0 unspecified atom stereocenters. The summed E-state index contributed by atoms with van der Waals surface area (Å²) in [6.45, 7) is 9.83. The van der Waals surface area contributed by atoms with E-state index in [0.717, 1.165) is 17.7 Å². The van der Waals surface area contributed by atoms with Crippen LogP contribution in [0.2, 0.25) is 0 Å². The van der Waals surface area contributed by atoms with Crippen LogP contribution in [0.3, 0.4) is 0 Å². The van der Waals surface area contributed by atoms with Crippen LogP contribution in [0.15, 0.2) is 18.2 Å². The molecular weight excluding hydrogens is 226 g/mol. The van der Waals surface area contributed by atoms with Gasteiger partial charge in [-0.2, -0.15) is 0 Å². The van der Waals surface area contributed by atoms with Crippen LogP contribution >= 0.6 is 0 Å². The van der Waals surface area contributed by atoms with Gasteiger partial charge in [0.25, 0.3) is 5.91 Å². The second kappa shape index (κ2) is 6.43. The Kier molecular flexibility index (Phi) is 5.20. The van der Waals surface area contributed by atoms with Crippen molar-refractivity contribution < 1.29 is 9.53 Å². The Bertz CT molecular complexity index is 415. The van der Waals surface area contributed by atoms with E-state index < -0.39 is 6.10 Å². The molecule has 0 heterocycles. The van der Waals surface area contributed by atoms with Crippen LogP contribution < -0.4 is 10.1 Å². The number of carbonyl (C=O) groups is 1. The minimum atomic E-state index is -0.472. The average Bonchev–Trinajstić information content (AvgIpc) is 2.32. The Morgan fingerprint density at radius 3 is 2.56 bits per heavy atom. The number of rotatable bonds is 5. The fourth-order valence-electron chi connectivity index (χ4n) is 1.64. The highest BCUT2D eigenvalue weighted by Gasteiger charge is 2.16. The summed E-state index contributed by atoms with van der Waals surface area (Å²) in [4.78, 5) is 11.9. The molecule has 0 aliphatic rings. The largest absolute Gasteiger partial charge is 0.481 e. The van der Waals surface area contributed by atoms with Gasteiger partial charge in [0.2, 0.25) is 0 Å². The molecule has 0 spiro atoms. The van der Waals surface area contributed by atoms with Crippen molar-refractivity contribution in [1.29, 1.82) is 0 Å². The van der Waals surface area contributed by atoms with E-state index in [1.807, 2.05) is 39.8 Å². The highest BCUT2D eigenvalue weighted by atomic mass is 16.5. The molecular formula is C15H23NO2. The van der Waals surface area contributed by atoms with Gasteiger partial charge in [0, 0.05) is 6.04 Å². The Morgan fingerprint density at radius 2 is 2.00 bits per heavy atom. The van der Waals surface area contributed by atoms with E-state index in [0.29, 0.717) is 0 Å². The van der Waals surface area contributed by atoms with Crippen molar-refractivity contribution in [3.63, 3.8) is 0 Å². The second-order valence-electron chi connectivity index (χ2n) is 4.85. The molecule has 1 N–H and O–H groups in total. The number of carbonyl (C=O) groups excluding carboxylic acids is 1. The van der Waals surface area contributed by atoms with Gasteiger partial charge in [0.1, 0.15) is 5.75 Å². The number of hydrogen-bond acceptors (Lipinski definition) is 2. The van der Waals surface area contributed by atoms with Crippen LogP contribution in [0.5, 0.6) is 5.75 Å². The predicted octanol–water partition coefficient (Wildman–Crippen LogP) is 2.99. The molecule has 1 amide bonds. The monoisotopic (exact) mass is 249 g/mol. The van der Waals surface area contributed by atoms with Crippen molar-refractivity contribution in [2.45, 2.75) is 53.2 Å². The predicted molar refractivity (Wildman–Crippen MR) is 73.9 cm³/mol. The fraction of sp³-hybridized carbons (Fsp3) is 0.533. The van der Waals surface area contributed by atoms with Crippen LogP contribution in [0.1, 0.15) is 38.3 Å². The molecule has 0 aromatic heterocycles. The van der Waals surface area contributed by atoms with Gasteiger partial charge in [0.05, 0.1) is 0 Å². The Hall–Kier alpha value is -1.51. The zero-order valence-electron chi connectivity index (χ0n) is 11.9. The van der Waals surface area contributed by atoms with Gasteiger partial charge in [-0.25, -0.2) is 0 Å². The van der Waals surface area contributed by atoms with E-state index in [2.05, 4.69) is 11.4 Å². The average molecular weight is 249 g/mol. The summed E-state index contributed by atoms with van der Waals surface area (Å²) < 4.78 is 5.70. The van der Waals surface area contributed by atoms with Crippen LogP contribution in [0.25, 0.3) is 0 Å². The van der Waals surface area contributed by atoms with E-state index in [9.17, 15) is 4.79 Å². The van der Waals surface area contributed by atoms with Gasteiger partial charge < -0.3 is 10.1 Å². The first-order valence-electron chi connectivity index (χ1n) is 6.48. The number of amides is 1. The Morgan fingerprint density at radius 1 is 1.33 bits per heavy atom. The maximum Gasteiger partial charge on any atom is 0.260 e. The molecule has 18 heavy (non-hydrogen) atoms. The van der Waals surface area contributed by atoms with Crippen molar-refractivity contribution in [1.82, 2.24) is 5.32 Å². The minimum absolute atomic E-state index is 0.0654. The molecule has 3 nitrogen and oxygen atoms in total. The summed E-state index contributed by atoms with van der Waals surface area (Å²) in [5, 5.41) is 2.92. The summed E-state index contributed by atoms with van der Waals surface area (Å²) in [6.07, 6.45) is 0.447. The first kappa shape index (κ1) is 14.6. The van der Waals surface area contributed by atoms with Gasteiger partial charge >= 0.3 is 0 Å². The zero-order valence-corrected chi connectivity index (χ0v) is 11.9. The molecule has 2 atom stereocenters. The van der Waals surface area contributed by atoms with Crippen molar-refractivity contribution in [3.05, 3.63) is 29.3 Å². The molecule has 100 valence electrons. The SMILES string of the molecule is CC[C@@H](C)NC(=O)[C@@H](C)Oc1ccc(C)cc1C. The second-order valence-corrected chi connectivity index (χ2v) is 4.85. The third kappa shape index (κ3) is 4.06. The normalized spacial score (nSPS) is 13.8. The highest BCUT2D eigenvalue weighted by Crippen LogP contribution is 2.20. The van der Waals surface area contributed by atoms with Crippen LogP contribution in [0.4, 0.5) is 0 Å². The first-order valence-corrected chi connectivity index (χ1v) is 6.48. The Balaban J connectivity index is 2.63. The summed E-state index contributed by atoms with van der Waals surface area (Å²) >= 11 is 0. The van der Waals surface area contributed by atoms with E-state index in [-0.39, 0.29) is 11.9 Å². The van der Waals surface area contributed by atoms with Gasteiger partial charge in [-0.05, 0) is 45.7 Å². The lowest BCUT2D eigenvalue weighted by Crippen LogP contribution is -2.41. The van der Waals surface area contributed by atoms with E-state index >= 15 is 0 Å². The smallest absolute Gasteiger partial charge is 0.260 e. The topological polar surface area (TPSA) is 38.3 Å². The zero-order chi connectivity index (χ0) is 13.7. The molecule has 1 aromatic rings. The number of hydrogen-bond donors (Lipinski definition) is 1. The van der Waals surface area contributed by atoms with E-state index in [1.165, 1.54) is 5.56 Å². The highest BCUT2D eigenvalue weighted by molar-refractivity contribution is 5.81. The van der Waals surface area contributed by atoms with Crippen molar-refractivity contribution in [2.24, 2.45) is 0 Å². The minimum Gasteiger partial charge on any atom is -0.481 e. The standard InChI is InChI=1S/C15H23NO2/c1-6-12(4)16-15(17)13(5)18-14-8-7-10(2)9-11(14)3/h7-9,12-13H,6H2,1-5H3,(H,16,17)/t12-,13-/m1/s1. The lowest BCUT2D eigenvalue weighted by atomic mass is 10.1. The fourth-order valence-corrected chi connectivity index (χ4v) is 1.64. The first-order chi connectivity index (χ1) is 8.43. The van der Waals surface area contributed by atoms with Gasteiger partial charge in [-0.1, -0.05) is 24.6 Å². The summed E-state index contributed by atoms with van der Waals surface area (Å²) in [5.74, 6) is 0.705. The van der Waals surface area contributed by atoms with Crippen molar-refractivity contribution in [3.8, 4) is 5.75 Å². The van der Waals surface area contributed by atoms with Gasteiger partial charge in [-0.3, -0.25) is 4.79 Å². The van der Waals surface area contributed by atoms with Crippen LogP contribution in [0, 0.1) is 13.8 Å². The number of benzene rings is 1. The number of ether oxygens (including phenoxy) is 1. The van der Waals surface area contributed by atoms with Crippen molar-refractivity contribution >= 4 is 5.91 Å². The Labute approximate surface area is 110 Å². The van der Waals surface area contributed by atoms with E-state index in [1.54, 1.807) is 6.92 Å². The van der Waals surface area contributed by atoms with Gasteiger partial charge in [-0.15, -0.1) is 0 Å². The molecule has 0 aliphatic heterocycles. The summed E-state index contributed by atoms with van der Waals surface area (Å²) in [5.41, 5.74) is 2.25. The number of nitrogens with one attached hydrogen (secondary N) is 1.